The predicted octanol–water partition coefficient (Wildman–Crippen LogP) is 2.98. The van der Waals surface area contributed by atoms with Gasteiger partial charge < -0.3 is 15.4 Å². The fourth-order valence-corrected chi connectivity index (χ4v) is 2.79. The Kier molecular flexibility index (Phi) is 6.38. The van der Waals surface area contributed by atoms with Crippen molar-refractivity contribution in [3.8, 4) is 5.75 Å². The monoisotopic (exact) mass is 327 g/mol. The summed E-state index contributed by atoms with van der Waals surface area (Å²) in [6, 6.07) is 17.8. The molecule has 128 valence electrons. The molecule has 0 unspecified atom stereocenters. The molecule has 0 aliphatic rings. The van der Waals surface area contributed by atoms with E-state index in [1.54, 1.807) is 7.11 Å². The van der Waals surface area contributed by atoms with Crippen molar-refractivity contribution in [3.05, 3.63) is 60.2 Å². The molecule has 3 N–H and O–H groups in total. The molecular weight excluding hydrogens is 300 g/mol. The summed E-state index contributed by atoms with van der Waals surface area (Å²) in [5.41, 5.74) is 1.94. The zero-order chi connectivity index (χ0) is 17.5. The second-order valence-electron chi connectivity index (χ2n) is 6.35. The lowest BCUT2D eigenvalue weighted by molar-refractivity contribution is -0.718. The van der Waals surface area contributed by atoms with Gasteiger partial charge >= 0.3 is 0 Å². The van der Waals surface area contributed by atoms with E-state index in [-0.39, 0.29) is 18.0 Å². The van der Waals surface area contributed by atoms with Gasteiger partial charge in [-0.3, -0.25) is 4.79 Å². The van der Waals surface area contributed by atoms with Crippen LogP contribution in [0.25, 0.3) is 0 Å². The maximum atomic E-state index is 12.6. The number of para-hydroxylation sites is 2. The molecular formula is C20H27N2O2+. The summed E-state index contributed by atoms with van der Waals surface area (Å²) in [5.74, 6) is 1.07. The summed E-state index contributed by atoms with van der Waals surface area (Å²) in [7, 11) is 1.60. The van der Waals surface area contributed by atoms with Gasteiger partial charge in [0, 0.05) is 11.5 Å². The Morgan fingerprint density at radius 3 is 2.25 bits per heavy atom. The second-order valence-corrected chi connectivity index (χ2v) is 6.35. The van der Waals surface area contributed by atoms with Crippen LogP contribution in [0.4, 0.5) is 5.69 Å². The lowest BCUT2D eigenvalue weighted by Gasteiger charge is -2.23. The van der Waals surface area contributed by atoms with Gasteiger partial charge in [0.2, 0.25) is 0 Å². The molecule has 1 amide bonds. The first kappa shape index (κ1) is 18.0. The van der Waals surface area contributed by atoms with Crippen molar-refractivity contribution in [1.29, 1.82) is 0 Å². The third-order valence-corrected chi connectivity index (χ3v) is 4.18. The topological polar surface area (TPSA) is 54.9 Å². The molecule has 4 nitrogen and oxygen atoms in total. The van der Waals surface area contributed by atoms with Crippen LogP contribution in [-0.4, -0.2) is 19.1 Å². The first-order chi connectivity index (χ1) is 11.5. The summed E-state index contributed by atoms with van der Waals surface area (Å²) >= 11 is 0. The number of nitrogens with two attached hydrogens (primary N) is 1. The number of benzene rings is 2. The molecule has 4 heteroatoms. The fraction of sp³-hybridized carbons (Fsp3) is 0.350. The van der Waals surface area contributed by atoms with Crippen LogP contribution < -0.4 is 15.4 Å². The van der Waals surface area contributed by atoms with Crippen LogP contribution in [0, 0.1) is 5.92 Å². The molecule has 0 bridgehead atoms. The van der Waals surface area contributed by atoms with E-state index >= 15 is 0 Å². The van der Waals surface area contributed by atoms with Crippen molar-refractivity contribution in [2.75, 3.05) is 12.4 Å². The van der Waals surface area contributed by atoms with E-state index in [9.17, 15) is 4.79 Å². The minimum Gasteiger partial charge on any atom is -0.495 e. The lowest BCUT2D eigenvalue weighted by atomic mass is 9.95. The molecule has 0 radical (unpaired) electrons. The Morgan fingerprint density at radius 1 is 1.00 bits per heavy atom. The van der Waals surface area contributed by atoms with E-state index in [4.69, 9.17) is 4.74 Å². The SMILES string of the molecule is COc1ccccc1NC(=O)[C@H](C)[NH2+][C@@H](c1ccccc1)C(C)C. The quantitative estimate of drug-likeness (QED) is 0.821. The first-order valence-corrected chi connectivity index (χ1v) is 8.36. The molecule has 24 heavy (non-hydrogen) atoms. The molecule has 2 atom stereocenters. The molecule has 0 spiro atoms. The Labute approximate surface area is 144 Å². The van der Waals surface area contributed by atoms with E-state index in [1.165, 1.54) is 5.56 Å². The summed E-state index contributed by atoms with van der Waals surface area (Å²) < 4.78 is 5.29. The minimum absolute atomic E-state index is 0.0268. The Balaban J connectivity index is 2.07. The van der Waals surface area contributed by atoms with Crippen molar-refractivity contribution >= 4 is 11.6 Å². The maximum Gasteiger partial charge on any atom is 0.282 e. The van der Waals surface area contributed by atoms with E-state index in [1.807, 2.05) is 49.4 Å². The van der Waals surface area contributed by atoms with Crippen molar-refractivity contribution < 1.29 is 14.8 Å². The summed E-state index contributed by atoms with van der Waals surface area (Å²) in [5, 5.41) is 5.09. The largest absolute Gasteiger partial charge is 0.495 e. The van der Waals surface area contributed by atoms with Gasteiger partial charge in [0.05, 0.1) is 12.8 Å². The summed E-state index contributed by atoms with van der Waals surface area (Å²) in [4.78, 5) is 12.6. The number of rotatable bonds is 7. The van der Waals surface area contributed by atoms with Crippen LogP contribution >= 0.6 is 0 Å². The van der Waals surface area contributed by atoms with E-state index < -0.39 is 0 Å². The lowest BCUT2D eigenvalue weighted by Crippen LogP contribution is -2.93. The molecule has 0 saturated heterocycles. The molecule has 2 aromatic carbocycles. The predicted molar refractivity (Wildman–Crippen MR) is 97.0 cm³/mol. The van der Waals surface area contributed by atoms with Gasteiger partial charge in [-0.25, -0.2) is 0 Å². The molecule has 0 aliphatic carbocycles. The Hall–Kier alpha value is -2.33. The Bertz CT molecular complexity index is 656. The van der Waals surface area contributed by atoms with Gasteiger partial charge in [-0.2, -0.15) is 0 Å². The molecule has 2 aromatic rings. The number of hydrogen-bond donors (Lipinski definition) is 2. The van der Waals surface area contributed by atoms with Crippen molar-refractivity contribution in [2.24, 2.45) is 5.92 Å². The number of amides is 1. The number of ether oxygens (including phenoxy) is 1. The summed E-state index contributed by atoms with van der Waals surface area (Å²) in [6.45, 7) is 6.29. The molecule has 0 heterocycles. The molecule has 0 aliphatic heterocycles. The number of carbonyl (C=O) groups is 1. The average Bonchev–Trinajstić information content (AvgIpc) is 2.60. The number of methoxy groups -OCH3 is 1. The third-order valence-electron chi connectivity index (χ3n) is 4.18. The van der Waals surface area contributed by atoms with E-state index in [0.717, 1.165) is 0 Å². The molecule has 0 fully saturated rings. The van der Waals surface area contributed by atoms with E-state index in [0.29, 0.717) is 17.4 Å². The van der Waals surface area contributed by atoms with Crippen LogP contribution in [0.15, 0.2) is 54.6 Å². The zero-order valence-electron chi connectivity index (χ0n) is 14.8. The maximum absolute atomic E-state index is 12.6. The standard InChI is InChI=1S/C20H26N2O2/c1-14(2)19(16-10-6-5-7-11-16)21-15(3)20(23)22-17-12-8-9-13-18(17)24-4/h5-15,19,21H,1-4H3,(H,22,23)/p+1/t15-,19+/m0/s1. The van der Waals surface area contributed by atoms with Crippen LogP contribution in [0.1, 0.15) is 32.4 Å². The number of anilines is 1. The van der Waals surface area contributed by atoms with Crippen LogP contribution in [0.5, 0.6) is 5.75 Å². The number of carbonyl (C=O) groups excluding carboxylic acids is 1. The van der Waals surface area contributed by atoms with Crippen molar-refractivity contribution in [3.63, 3.8) is 0 Å². The second kappa shape index (κ2) is 8.50. The molecule has 0 saturated carbocycles. The highest BCUT2D eigenvalue weighted by Gasteiger charge is 2.26. The number of nitrogens with one attached hydrogen (secondary N) is 1. The molecule has 0 aromatic heterocycles. The van der Waals surface area contributed by atoms with E-state index in [2.05, 4.69) is 36.6 Å². The van der Waals surface area contributed by atoms with Gasteiger partial charge in [-0.05, 0) is 19.1 Å². The fourth-order valence-electron chi connectivity index (χ4n) is 2.79. The first-order valence-electron chi connectivity index (χ1n) is 8.36. The summed E-state index contributed by atoms with van der Waals surface area (Å²) in [6.07, 6.45) is 0. The van der Waals surface area contributed by atoms with Crippen LogP contribution in [-0.2, 0) is 4.79 Å². The van der Waals surface area contributed by atoms with Gasteiger partial charge in [0.1, 0.15) is 11.8 Å². The highest BCUT2D eigenvalue weighted by atomic mass is 16.5. The highest BCUT2D eigenvalue weighted by molar-refractivity contribution is 5.94. The van der Waals surface area contributed by atoms with Gasteiger partial charge in [-0.15, -0.1) is 0 Å². The van der Waals surface area contributed by atoms with Crippen LogP contribution in [0.2, 0.25) is 0 Å². The number of quaternary nitrogens is 1. The smallest absolute Gasteiger partial charge is 0.282 e. The average molecular weight is 327 g/mol. The normalized spacial score (nSPS) is 13.4. The Morgan fingerprint density at radius 2 is 1.62 bits per heavy atom. The van der Waals surface area contributed by atoms with Gasteiger partial charge in [0.15, 0.2) is 6.04 Å². The van der Waals surface area contributed by atoms with Gasteiger partial charge in [0.25, 0.3) is 5.91 Å². The van der Waals surface area contributed by atoms with Crippen molar-refractivity contribution in [1.82, 2.24) is 0 Å². The van der Waals surface area contributed by atoms with Crippen LogP contribution in [0.3, 0.4) is 0 Å². The highest BCUT2D eigenvalue weighted by Crippen LogP contribution is 2.23. The number of hydrogen-bond acceptors (Lipinski definition) is 2. The molecule has 2 rings (SSSR count). The minimum atomic E-state index is -0.206. The third kappa shape index (κ3) is 4.59. The van der Waals surface area contributed by atoms with Gasteiger partial charge in [-0.1, -0.05) is 56.3 Å². The zero-order valence-corrected chi connectivity index (χ0v) is 14.8. The van der Waals surface area contributed by atoms with Crippen molar-refractivity contribution in [2.45, 2.75) is 32.9 Å².